The fraction of sp³-hybridized carbons (Fsp3) is 0.600. The Labute approximate surface area is 113 Å². The van der Waals surface area contributed by atoms with E-state index >= 15 is 0 Å². The van der Waals surface area contributed by atoms with Crippen LogP contribution in [0.1, 0.15) is 50.8 Å². The summed E-state index contributed by atoms with van der Waals surface area (Å²) in [7, 11) is 0. The highest BCUT2D eigenvalue weighted by molar-refractivity contribution is 5.70. The van der Waals surface area contributed by atoms with Gasteiger partial charge in [-0.15, -0.1) is 0 Å². The van der Waals surface area contributed by atoms with Crippen molar-refractivity contribution in [3.63, 3.8) is 0 Å². The third-order valence-corrected chi connectivity index (χ3v) is 3.86. The zero-order chi connectivity index (χ0) is 13.6. The molecule has 3 heterocycles. The Balaban J connectivity index is 1.88. The van der Waals surface area contributed by atoms with Crippen molar-refractivity contribution in [3.8, 4) is 0 Å². The lowest BCUT2D eigenvalue weighted by atomic mass is 9.95. The average Bonchev–Trinajstić information content (AvgIpc) is 2.63. The molecule has 0 aromatic carbocycles. The first-order chi connectivity index (χ1) is 8.96. The van der Waals surface area contributed by atoms with Crippen molar-refractivity contribution in [2.24, 2.45) is 0 Å². The van der Waals surface area contributed by atoms with E-state index in [0.717, 1.165) is 19.3 Å². The molecule has 2 atom stereocenters. The molecule has 0 N–H and O–H groups in total. The van der Waals surface area contributed by atoms with Crippen LogP contribution in [-0.2, 0) is 11.2 Å². The molecule has 0 saturated carbocycles. The molecule has 2 aliphatic rings. The predicted molar refractivity (Wildman–Crippen MR) is 71.8 cm³/mol. The fourth-order valence-electron chi connectivity index (χ4n) is 3.17. The predicted octanol–water partition coefficient (Wildman–Crippen LogP) is 3.08. The van der Waals surface area contributed by atoms with E-state index in [4.69, 9.17) is 4.74 Å². The highest BCUT2D eigenvalue weighted by Crippen LogP contribution is 2.43. The van der Waals surface area contributed by atoms with Gasteiger partial charge in [-0.25, -0.2) is 4.79 Å². The van der Waals surface area contributed by atoms with Crippen molar-refractivity contribution < 1.29 is 9.53 Å². The number of nitrogens with zero attached hydrogens (tertiary/aromatic N) is 2. The molecule has 1 fully saturated rings. The number of pyridine rings is 1. The van der Waals surface area contributed by atoms with E-state index < -0.39 is 5.60 Å². The Morgan fingerprint density at radius 2 is 2.21 bits per heavy atom. The summed E-state index contributed by atoms with van der Waals surface area (Å²) < 4.78 is 5.54. The Morgan fingerprint density at radius 1 is 1.42 bits per heavy atom. The highest BCUT2D eigenvalue weighted by atomic mass is 16.6. The van der Waals surface area contributed by atoms with Gasteiger partial charge in [0.05, 0.1) is 6.04 Å². The normalized spacial score (nSPS) is 25.1. The van der Waals surface area contributed by atoms with Gasteiger partial charge in [-0.1, -0.05) is 0 Å². The van der Waals surface area contributed by atoms with E-state index in [1.54, 1.807) is 0 Å². The van der Waals surface area contributed by atoms with Gasteiger partial charge >= 0.3 is 6.09 Å². The van der Waals surface area contributed by atoms with Gasteiger partial charge in [0, 0.05) is 18.4 Å². The van der Waals surface area contributed by atoms with Crippen LogP contribution in [0.25, 0.3) is 0 Å². The monoisotopic (exact) mass is 260 g/mol. The molecule has 1 saturated heterocycles. The molecule has 2 aliphatic heterocycles. The van der Waals surface area contributed by atoms with Gasteiger partial charge < -0.3 is 4.74 Å². The second-order valence-corrected chi connectivity index (χ2v) is 6.41. The molecular formula is C15H20N2O2. The molecule has 2 unspecified atom stereocenters. The van der Waals surface area contributed by atoms with Crippen LogP contribution >= 0.6 is 0 Å². The van der Waals surface area contributed by atoms with Crippen LogP contribution in [0.3, 0.4) is 0 Å². The Kier molecular flexibility index (Phi) is 2.77. The van der Waals surface area contributed by atoms with Crippen molar-refractivity contribution in [1.82, 2.24) is 9.88 Å². The number of hydrogen-bond acceptors (Lipinski definition) is 3. The van der Waals surface area contributed by atoms with Crippen LogP contribution in [0, 0.1) is 0 Å². The number of rotatable bonds is 0. The van der Waals surface area contributed by atoms with Gasteiger partial charge in [-0.05, 0) is 57.2 Å². The molecule has 3 rings (SSSR count). The van der Waals surface area contributed by atoms with E-state index in [2.05, 4.69) is 4.98 Å². The minimum absolute atomic E-state index is 0.173. The van der Waals surface area contributed by atoms with E-state index in [1.807, 2.05) is 44.1 Å². The molecule has 0 spiro atoms. The lowest BCUT2D eigenvalue weighted by Crippen LogP contribution is -2.44. The molecule has 102 valence electrons. The molecule has 2 bridgehead atoms. The summed E-state index contributed by atoms with van der Waals surface area (Å²) in [4.78, 5) is 18.5. The fourth-order valence-corrected chi connectivity index (χ4v) is 3.17. The summed E-state index contributed by atoms with van der Waals surface area (Å²) in [5.41, 5.74) is 2.10. The average molecular weight is 260 g/mol. The molecule has 4 nitrogen and oxygen atoms in total. The molecule has 4 heteroatoms. The number of amides is 1. The first-order valence-corrected chi connectivity index (χ1v) is 6.90. The van der Waals surface area contributed by atoms with Crippen LogP contribution in [0.2, 0.25) is 0 Å². The van der Waals surface area contributed by atoms with Crippen molar-refractivity contribution in [2.75, 3.05) is 0 Å². The van der Waals surface area contributed by atoms with Crippen molar-refractivity contribution in [3.05, 3.63) is 29.6 Å². The van der Waals surface area contributed by atoms with E-state index in [9.17, 15) is 4.79 Å². The van der Waals surface area contributed by atoms with Gasteiger partial charge in [0.2, 0.25) is 0 Å². The topological polar surface area (TPSA) is 42.4 Å². The second kappa shape index (κ2) is 4.22. The van der Waals surface area contributed by atoms with Crippen LogP contribution in [-0.4, -0.2) is 27.6 Å². The van der Waals surface area contributed by atoms with Crippen molar-refractivity contribution in [1.29, 1.82) is 0 Å². The number of fused-ring (bicyclic) bond motifs is 4. The van der Waals surface area contributed by atoms with Crippen LogP contribution < -0.4 is 0 Å². The quantitative estimate of drug-likeness (QED) is 0.720. The third kappa shape index (κ3) is 2.20. The number of hydrogen-bond donors (Lipinski definition) is 0. The van der Waals surface area contributed by atoms with Gasteiger partial charge in [0.1, 0.15) is 5.60 Å². The first kappa shape index (κ1) is 12.5. The van der Waals surface area contributed by atoms with Gasteiger partial charge in [-0.2, -0.15) is 0 Å². The number of carbonyl (C=O) groups excluding carboxylic acids is 1. The summed E-state index contributed by atoms with van der Waals surface area (Å²) >= 11 is 0. The molecule has 0 aliphatic carbocycles. The zero-order valence-corrected chi connectivity index (χ0v) is 11.7. The van der Waals surface area contributed by atoms with Gasteiger partial charge in [0.25, 0.3) is 0 Å². The molecule has 1 amide bonds. The lowest BCUT2D eigenvalue weighted by molar-refractivity contribution is 0.0124. The summed E-state index contributed by atoms with van der Waals surface area (Å²) in [6.07, 6.45) is 6.55. The number of aromatic nitrogens is 1. The van der Waals surface area contributed by atoms with E-state index in [1.165, 1.54) is 11.1 Å². The van der Waals surface area contributed by atoms with E-state index in [-0.39, 0.29) is 18.2 Å². The minimum Gasteiger partial charge on any atom is -0.444 e. The van der Waals surface area contributed by atoms with Crippen molar-refractivity contribution >= 4 is 6.09 Å². The minimum atomic E-state index is -0.435. The lowest BCUT2D eigenvalue weighted by Gasteiger charge is -2.37. The van der Waals surface area contributed by atoms with Gasteiger partial charge in [-0.3, -0.25) is 9.88 Å². The number of ether oxygens (including phenoxy) is 1. The summed E-state index contributed by atoms with van der Waals surface area (Å²) in [5, 5.41) is 0. The molecule has 1 aromatic rings. The summed E-state index contributed by atoms with van der Waals surface area (Å²) in [5.74, 6) is 0. The number of carbonyl (C=O) groups is 1. The van der Waals surface area contributed by atoms with Crippen LogP contribution in [0.5, 0.6) is 0 Å². The SMILES string of the molecule is CC(C)(C)OC(=O)N1C2CCC1c1ccncc1C2. The Hall–Kier alpha value is -1.58. The third-order valence-electron chi connectivity index (χ3n) is 3.86. The highest BCUT2D eigenvalue weighted by Gasteiger charge is 2.44. The molecule has 0 radical (unpaired) electrons. The van der Waals surface area contributed by atoms with E-state index in [0.29, 0.717) is 0 Å². The van der Waals surface area contributed by atoms with Gasteiger partial charge in [0.15, 0.2) is 0 Å². The second-order valence-electron chi connectivity index (χ2n) is 6.41. The summed E-state index contributed by atoms with van der Waals surface area (Å²) in [6.45, 7) is 5.73. The Morgan fingerprint density at radius 3 is 2.95 bits per heavy atom. The smallest absolute Gasteiger partial charge is 0.411 e. The largest absolute Gasteiger partial charge is 0.444 e. The molecule has 19 heavy (non-hydrogen) atoms. The van der Waals surface area contributed by atoms with Crippen LogP contribution in [0.15, 0.2) is 18.5 Å². The Bertz CT molecular complexity index is 507. The van der Waals surface area contributed by atoms with Crippen molar-refractivity contribution in [2.45, 2.75) is 57.7 Å². The zero-order valence-electron chi connectivity index (χ0n) is 11.7. The standard InChI is InChI=1S/C15H20N2O2/c1-15(2,3)19-14(18)17-11-4-5-13(17)12-6-7-16-9-10(12)8-11/h6-7,9,11,13H,4-5,8H2,1-3H3. The maximum atomic E-state index is 12.4. The maximum Gasteiger partial charge on any atom is 0.411 e. The molecular weight excluding hydrogens is 240 g/mol. The maximum absolute atomic E-state index is 12.4. The summed E-state index contributed by atoms with van der Waals surface area (Å²) in [6, 6.07) is 2.49. The van der Waals surface area contributed by atoms with Crippen LogP contribution in [0.4, 0.5) is 4.79 Å². The molecule has 1 aromatic heterocycles. The first-order valence-electron chi connectivity index (χ1n) is 6.90.